The minimum atomic E-state index is 0.847. The molecule has 2 heteroatoms. The highest BCUT2D eigenvalue weighted by Gasteiger charge is 2.31. The molecule has 2 aromatic carbocycles. The molecule has 1 saturated carbocycles. The summed E-state index contributed by atoms with van der Waals surface area (Å²) in [5, 5.41) is 7.12. The van der Waals surface area contributed by atoms with Crippen LogP contribution < -0.4 is 10.6 Å². The molecule has 0 radical (unpaired) electrons. The Balaban J connectivity index is 1.36. The highest BCUT2D eigenvalue weighted by molar-refractivity contribution is 5.42. The second kappa shape index (κ2) is 8.77. The van der Waals surface area contributed by atoms with Crippen molar-refractivity contribution in [2.75, 3.05) is 23.7 Å². The number of rotatable bonds is 8. The molecule has 0 amide bonds. The van der Waals surface area contributed by atoms with Gasteiger partial charge in [-0.2, -0.15) is 0 Å². The topological polar surface area (TPSA) is 24.1 Å². The monoisotopic (exact) mass is 322 g/mol. The fourth-order valence-corrected chi connectivity index (χ4v) is 4.07. The van der Waals surface area contributed by atoms with Gasteiger partial charge < -0.3 is 10.6 Å². The first-order valence-corrected chi connectivity index (χ1v) is 9.41. The summed E-state index contributed by atoms with van der Waals surface area (Å²) in [5.41, 5.74) is 2.48. The Labute approximate surface area is 146 Å². The Morgan fingerprint density at radius 1 is 0.708 bits per heavy atom. The number of benzene rings is 2. The highest BCUT2D eigenvalue weighted by atomic mass is 14.9. The molecule has 0 spiro atoms. The minimum absolute atomic E-state index is 0.847. The van der Waals surface area contributed by atoms with Gasteiger partial charge in [0.1, 0.15) is 0 Å². The Morgan fingerprint density at radius 2 is 1.12 bits per heavy atom. The van der Waals surface area contributed by atoms with Gasteiger partial charge in [-0.15, -0.1) is 0 Å². The van der Waals surface area contributed by atoms with E-state index in [-0.39, 0.29) is 0 Å². The van der Waals surface area contributed by atoms with E-state index in [0.29, 0.717) is 0 Å². The Morgan fingerprint density at radius 3 is 1.54 bits per heavy atom. The van der Waals surface area contributed by atoms with Crippen LogP contribution in [0.25, 0.3) is 0 Å². The maximum atomic E-state index is 3.56. The third kappa shape index (κ3) is 4.77. The zero-order chi connectivity index (χ0) is 16.6. The molecule has 0 saturated heterocycles. The molecule has 2 unspecified atom stereocenters. The summed E-state index contributed by atoms with van der Waals surface area (Å²) in [5.74, 6) is 2.60. The smallest absolute Gasteiger partial charge is 0.0340 e. The molecule has 2 atom stereocenters. The number of nitrogens with one attached hydrogen (secondary N) is 2. The number of para-hydroxylation sites is 2. The van der Waals surface area contributed by atoms with Crippen LogP contribution >= 0.6 is 0 Å². The quantitative estimate of drug-likeness (QED) is 0.656. The van der Waals surface area contributed by atoms with Crippen molar-refractivity contribution < 1.29 is 0 Å². The van der Waals surface area contributed by atoms with Crippen LogP contribution in [0.3, 0.4) is 0 Å². The zero-order valence-corrected chi connectivity index (χ0v) is 14.7. The predicted octanol–water partition coefficient (Wildman–Crippen LogP) is 5.65. The lowest BCUT2D eigenvalue weighted by atomic mass is 9.87. The van der Waals surface area contributed by atoms with Crippen molar-refractivity contribution in [3.05, 3.63) is 60.7 Å². The first-order chi connectivity index (χ1) is 11.8. The number of hydrogen-bond acceptors (Lipinski definition) is 2. The van der Waals surface area contributed by atoms with Crippen LogP contribution in [0.5, 0.6) is 0 Å². The lowest BCUT2D eigenvalue weighted by Crippen LogP contribution is -2.17. The van der Waals surface area contributed by atoms with E-state index in [1.165, 1.54) is 37.1 Å². The van der Waals surface area contributed by atoms with Gasteiger partial charge in [0.05, 0.1) is 0 Å². The molecule has 1 fully saturated rings. The molecule has 2 aromatic rings. The second-order valence-corrected chi connectivity index (χ2v) is 7.12. The Bertz CT molecular complexity index is 528. The van der Waals surface area contributed by atoms with E-state index in [9.17, 15) is 0 Å². The van der Waals surface area contributed by atoms with Crippen molar-refractivity contribution in [2.45, 2.75) is 32.6 Å². The van der Waals surface area contributed by atoms with Crippen LogP contribution in [0, 0.1) is 17.8 Å². The summed E-state index contributed by atoms with van der Waals surface area (Å²) < 4.78 is 0. The summed E-state index contributed by atoms with van der Waals surface area (Å²) in [4.78, 5) is 0. The predicted molar refractivity (Wildman–Crippen MR) is 104 cm³/mol. The molecular formula is C22H30N2. The normalized spacial score (nSPS) is 23.1. The lowest BCUT2D eigenvalue weighted by Gasteiger charge is -2.21. The van der Waals surface area contributed by atoms with Crippen LogP contribution in [0.15, 0.2) is 60.7 Å². The molecule has 24 heavy (non-hydrogen) atoms. The van der Waals surface area contributed by atoms with Crippen molar-refractivity contribution in [1.82, 2.24) is 0 Å². The summed E-state index contributed by atoms with van der Waals surface area (Å²) in [7, 11) is 0. The average Bonchev–Trinajstić information content (AvgIpc) is 2.97. The maximum Gasteiger partial charge on any atom is 0.0340 e. The van der Waals surface area contributed by atoms with Crippen LogP contribution in [0.4, 0.5) is 11.4 Å². The number of anilines is 2. The fraction of sp³-hybridized carbons (Fsp3) is 0.455. The molecule has 3 rings (SSSR count). The zero-order valence-electron chi connectivity index (χ0n) is 14.7. The second-order valence-electron chi connectivity index (χ2n) is 7.12. The molecule has 1 aliphatic carbocycles. The van der Waals surface area contributed by atoms with Crippen molar-refractivity contribution in [2.24, 2.45) is 17.8 Å². The molecular weight excluding hydrogens is 292 g/mol. The van der Waals surface area contributed by atoms with Gasteiger partial charge in [0.25, 0.3) is 0 Å². The van der Waals surface area contributed by atoms with E-state index in [1.54, 1.807) is 0 Å². The summed E-state index contributed by atoms with van der Waals surface area (Å²) in [6.07, 6.45) is 5.37. The third-order valence-corrected chi connectivity index (χ3v) is 5.63. The summed E-state index contributed by atoms with van der Waals surface area (Å²) >= 11 is 0. The van der Waals surface area contributed by atoms with E-state index in [0.717, 1.165) is 30.8 Å². The van der Waals surface area contributed by atoms with Crippen LogP contribution in [-0.4, -0.2) is 13.1 Å². The molecule has 0 heterocycles. The van der Waals surface area contributed by atoms with E-state index >= 15 is 0 Å². The van der Waals surface area contributed by atoms with Crippen molar-refractivity contribution in [1.29, 1.82) is 0 Å². The van der Waals surface area contributed by atoms with E-state index in [2.05, 4.69) is 78.2 Å². The maximum absolute atomic E-state index is 3.56. The van der Waals surface area contributed by atoms with Crippen molar-refractivity contribution in [3.63, 3.8) is 0 Å². The van der Waals surface area contributed by atoms with E-state index in [4.69, 9.17) is 0 Å². The molecule has 1 aliphatic rings. The first kappa shape index (κ1) is 16.9. The number of hydrogen-bond donors (Lipinski definition) is 2. The van der Waals surface area contributed by atoms with Gasteiger partial charge in [0.2, 0.25) is 0 Å². The van der Waals surface area contributed by atoms with E-state index in [1.807, 2.05) is 0 Å². The van der Waals surface area contributed by atoms with Gasteiger partial charge >= 0.3 is 0 Å². The average molecular weight is 322 g/mol. The van der Waals surface area contributed by atoms with Crippen LogP contribution in [-0.2, 0) is 0 Å². The summed E-state index contributed by atoms with van der Waals surface area (Å²) in [6, 6.07) is 21.1. The minimum Gasteiger partial charge on any atom is -0.385 e. The molecule has 128 valence electrons. The van der Waals surface area contributed by atoms with Gasteiger partial charge in [-0.3, -0.25) is 0 Å². The molecule has 2 N–H and O–H groups in total. The molecule has 0 bridgehead atoms. The lowest BCUT2D eigenvalue weighted by molar-refractivity contribution is 0.320. The molecule has 0 aliphatic heterocycles. The SMILES string of the molecule is CC1C(CCNc2ccccc2)CCC1CCNc1ccccc1. The van der Waals surface area contributed by atoms with Gasteiger partial charge in [-0.05, 0) is 67.7 Å². The van der Waals surface area contributed by atoms with Gasteiger partial charge in [0, 0.05) is 24.5 Å². The largest absolute Gasteiger partial charge is 0.385 e. The van der Waals surface area contributed by atoms with Gasteiger partial charge in [-0.25, -0.2) is 0 Å². The first-order valence-electron chi connectivity index (χ1n) is 9.41. The molecule has 2 nitrogen and oxygen atoms in total. The van der Waals surface area contributed by atoms with Crippen molar-refractivity contribution >= 4 is 11.4 Å². The molecule has 0 aromatic heterocycles. The van der Waals surface area contributed by atoms with Crippen molar-refractivity contribution in [3.8, 4) is 0 Å². The Hall–Kier alpha value is -1.96. The van der Waals surface area contributed by atoms with Gasteiger partial charge in [-0.1, -0.05) is 43.3 Å². The van der Waals surface area contributed by atoms with E-state index < -0.39 is 0 Å². The van der Waals surface area contributed by atoms with Gasteiger partial charge in [0.15, 0.2) is 0 Å². The third-order valence-electron chi connectivity index (χ3n) is 5.63. The standard InChI is InChI=1S/C22H30N2/c1-18-19(14-16-23-21-8-4-2-5-9-21)12-13-20(18)15-17-24-22-10-6-3-7-11-22/h2-11,18-20,23-24H,12-17H2,1H3. The highest BCUT2D eigenvalue weighted by Crippen LogP contribution is 2.40. The fourth-order valence-electron chi connectivity index (χ4n) is 4.07. The summed E-state index contributed by atoms with van der Waals surface area (Å²) in [6.45, 7) is 4.65. The van der Waals surface area contributed by atoms with Crippen LogP contribution in [0.2, 0.25) is 0 Å². The van der Waals surface area contributed by atoms with Crippen LogP contribution in [0.1, 0.15) is 32.6 Å². The Kier molecular flexibility index (Phi) is 6.17.